The molecule has 0 aliphatic carbocycles. The lowest BCUT2D eigenvalue weighted by molar-refractivity contribution is -0.109. The van der Waals surface area contributed by atoms with E-state index in [0.29, 0.717) is 6.29 Å². The maximum absolute atomic E-state index is 10.0. The van der Waals surface area contributed by atoms with Gasteiger partial charge in [0.25, 0.3) is 0 Å². The Morgan fingerprint density at radius 2 is 2.67 bits per heavy atom. The van der Waals surface area contributed by atoms with Gasteiger partial charge in [0.2, 0.25) is 0 Å². The zero-order valence-electron chi connectivity index (χ0n) is 5.03. The van der Waals surface area contributed by atoms with Gasteiger partial charge in [-0.1, -0.05) is 0 Å². The molecule has 0 aromatic carbocycles. The topological polar surface area (TPSA) is 53.8 Å². The van der Waals surface area contributed by atoms with Crippen molar-refractivity contribution in [2.45, 2.75) is 13.1 Å². The van der Waals surface area contributed by atoms with E-state index < -0.39 is 6.17 Å². The van der Waals surface area contributed by atoms with E-state index in [1.165, 1.54) is 0 Å². The number of rotatable bonds is 1. The second-order valence-corrected chi connectivity index (χ2v) is 1.74. The van der Waals surface area contributed by atoms with Crippen LogP contribution in [0, 0.1) is 0 Å². The summed E-state index contributed by atoms with van der Waals surface area (Å²) in [6.45, 7) is 1.80. The van der Waals surface area contributed by atoms with Gasteiger partial charge < -0.3 is 0 Å². The molecule has 4 heteroatoms. The summed E-state index contributed by atoms with van der Waals surface area (Å²) < 4.78 is 0. The Labute approximate surface area is 52.7 Å². The minimum absolute atomic E-state index is 0.478. The highest BCUT2D eigenvalue weighted by atomic mass is 16.1. The summed E-state index contributed by atoms with van der Waals surface area (Å²) in [6.07, 6.45) is 1.79. The van der Waals surface area contributed by atoms with Gasteiger partial charge in [0.1, 0.15) is 0 Å². The van der Waals surface area contributed by atoms with E-state index >= 15 is 0 Å². The highest BCUT2D eigenvalue weighted by Crippen LogP contribution is 1.86. The number of carbonyl (C=O) groups excluding carboxylic acids is 1. The van der Waals surface area contributed by atoms with E-state index in [-0.39, 0.29) is 0 Å². The van der Waals surface area contributed by atoms with Gasteiger partial charge in [0.15, 0.2) is 12.5 Å². The summed E-state index contributed by atoms with van der Waals surface area (Å²) in [6, 6.07) is 0. The standard InChI is InChI=1S/C5H7N3O/c1-4-2-6-5(3-9)8-7-4/h2-3,5,8H,1H3. The number of hydrogen-bond donors (Lipinski definition) is 1. The highest BCUT2D eigenvalue weighted by molar-refractivity contribution is 6.29. The van der Waals surface area contributed by atoms with Gasteiger partial charge in [-0.05, 0) is 6.92 Å². The molecule has 1 aliphatic heterocycles. The minimum atomic E-state index is -0.478. The van der Waals surface area contributed by atoms with Crippen LogP contribution in [0.5, 0.6) is 0 Å². The lowest BCUT2D eigenvalue weighted by atomic mass is 10.4. The van der Waals surface area contributed by atoms with Crippen molar-refractivity contribution in [3.8, 4) is 0 Å². The van der Waals surface area contributed by atoms with Crippen LogP contribution in [-0.4, -0.2) is 24.4 Å². The molecule has 0 aromatic heterocycles. The second kappa shape index (κ2) is 2.39. The van der Waals surface area contributed by atoms with E-state index in [9.17, 15) is 4.79 Å². The Bertz CT molecular complexity index is 173. The van der Waals surface area contributed by atoms with E-state index in [1.54, 1.807) is 13.1 Å². The molecular formula is C5H7N3O. The molecule has 0 amide bonds. The molecule has 1 N–H and O–H groups in total. The van der Waals surface area contributed by atoms with Gasteiger partial charge in [0, 0.05) is 6.21 Å². The summed E-state index contributed by atoms with van der Waals surface area (Å²) in [5.41, 5.74) is 3.33. The predicted octanol–water partition coefficient (Wildman–Crippen LogP) is -0.439. The van der Waals surface area contributed by atoms with Crippen molar-refractivity contribution >= 4 is 18.2 Å². The number of hydrazone groups is 1. The summed E-state index contributed by atoms with van der Waals surface area (Å²) >= 11 is 0. The Morgan fingerprint density at radius 3 is 3.11 bits per heavy atom. The zero-order chi connectivity index (χ0) is 6.69. The minimum Gasteiger partial charge on any atom is -0.299 e. The van der Waals surface area contributed by atoms with Crippen LogP contribution in [0.2, 0.25) is 0 Å². The molecule has 0 fully saturated rings. The Kier molecular flexibility index (Phi) is 1.58. The first-order valence-corrected chi connectivity index (χ1v) is 2.61. The van der Waals surface area contributed by atoms with Gasteiger partial charge >= 0.3 is 0 Å². The quantitative estimate of drug-likeness (QED) is 0.483. The van der Waals surface area contributed by atoms with Crippen LogP contribution in [0.3, 0.4) is 0 Å². The summed E-state index contributed by atoms with van der Waals surface area (Å²) in [4.78, 5) is 13.8. The molecule has 0 saturated heterocycles. The average Bonchev–Trinajstić information content (AvgIpc) is 1.90. The molecule has 1 atom stereocenters. The molecule has 9 heavy (non-hydrogen) atoms. The molecule has 0 saturated carbocycles. The van der Waals surface area contributed by atoms with E-state index in [2.05, 4.69) is 15.5 Å². The van der Waals surface area contributed by atoms with Gasteiger partial charge in [-0.15, -0.1) is 0 Å². The summed E-state index contributed by atoms with van der Waals surface area (Å²) in [5.74, 6) is 0. The third-order valence-electron chi connectivity index (χ3n) is 0.924. The molecule has 0 aromatic rings. The average molecular weight is 125 g/mol. The number of nitrogens with zero attached hydrogens (tertiary/aromatic N) is 2. The fourth-order valence-electron chi connectivity index (χ4n) is 0.484. The molecule has 4 nitrogen and oxygen atoms in total. The van der Waals surface area contributed by atoms with Gasteiger partial charge in [-0.25, -0.2) is 0 Å². The third kappa shape index (κ3) is 1.35. The molecular weight excluding hydrogens is 118 g/mol. The van der Waals surface area contributed by atoms with E-state index in [1.807, 2.05) is 0 Å². The van der Waals surface area contributed by atoms with Gasteiger partial charge in [-0.2, -0.15) is 5.10 Å². The molecule has 0 spiro atoms. The number of aliphatic imine (C=N–C) groups is 1. The SMILES string of the molecule is CC1=NNC(C=O)N=C1. The van der Waals surface area contributed by atoms with Gasteiger partial charge in [0.05, 0.1) is 5.71 Å². The number of nitrogens with one attached hydrogen (secondary N) is 1. The first-order chi connectivity index (χ1) is 4.33. The lowest BCUT2D eigenvalue weighted by Gasteiger charge is -2.08. The number of hydrogen-bond acceptors (Lipinski definition) is 4. The monoisotopic (exact) mass is 125 g/mol. The first-order valence-electron chi connectivity index (χ1n) is 2.61. The lowest BCUT2D eigenvalue weighted by Crippen LogP contribution is -2.28. The van der Waals surface area contributed by atoms with Crippen molar-refractivity contribution in [1.82, 2.24) is 5.43 Å². The van der Waals surface area contributed by atoms with Crippen molar-refractivity contribution in [2.75, 3.05) is 0 Å². The largest absolute Gasteiger partial charge is 0.299 e. The fourth-order valence-corrected chi connectivity index (χ4v) is 0.484. The van der Waals surface area contributed by atoms with Crippen LogP contribution >= 0.6 is 0 Å². The first kappa shape index (κ1) is 5.94. The number of aldehydes is 1. The third-order valence-corrected chi connectivity index (χ3v) is 0.924. The Morgan fingerprint density at radius 1 is 1.89 bits per heavy atom. The van der Waals surface area contributed by atoms with Crippen molar-refractivity contribution < 1.29 is 4.79 Å². The normalized spacial score (nSPS) is 24.6. The highest BCUT2D eigenvalue weighted by Gasteiger charge is 2.03. The second-order valence-electron chi connectivity index (χ2n) is 1.74. The Balaban J connectivity index is 2.58. The van der Waals surface area contributed by atoms with Crippen LogP contribution in [-0.2, 0) is 4.79 Å². The van der Waals surface area contributed by atoms with Crippen molar-refractivity contribution in [3.63, 3.8) is 0 Å². The maximum Gasteiger partial charge on any atom is 0.189 e. The van der Waals surface area contributed by atoms with Crippen molar-refractivity contribution in [1.29, 1.82) is 0 Å². The molecule has 1 heterocycles. The molecule has 1 unspecified atom stereocenters. The molecule has 48 valence electrons. The van der Waals surface area contributed by atoms with Gasteiger partial charge in [-0.3, -0.25) is 15.2 Å². The van der Waals surface area contributed by atoms with Crippen LogP contribution in [0.4, 0.5) is 0 Å². The van der Waals surface area contributed by atoms with Crippen molar-refractivity contribution in [2.24, 2.45) is 10.1 Å². The van der Waals surface area contributed by atoms with Crippen LogP contribution in [0.1, 0.15) is 6.92 Å². The van der Waals surface area contributed by atoms with Crippen LogP contribution < -0.4 is 5.43 Å². The fraction of sp³-hybridized carbons (Fsp3) is 0.400. The van der Waals surface area contributed by atoms with E-state index in [0.717, 1.165) is 5.71 Å². The smallest absolute Gasteiger partial charge is 0.189 e. The van der Waals surface area contributed by atoms with E-state index in [4.69, 9.17) is 0 Å². The zero-order valence-corrected chi connectivity index (χ0v) is 5.03. The Hall–Kier alpha value is -1.19. The van der Waals surface area contributed by atoms with Crippen molar-refractivity contribution in [3.05, 3.63) is 0 Å². The van der Waals surface area contributed by atoms with Crippen LogP contribution in [0.15, 0.2) is 10.1 Å². The summed E-state index contributed by atoms with van der Waals surface area (Å²) in [5, 5.41) is 3.77. The summed E-state index contributed by atoms with van der Waals surface area (Å²) in [7, 11) is 0. The molecule has 1 aliphatic rings. The van der Waals surface area contributed by atoms with Crippen LogP contribution in [0.25, 0.3) is 0 Å². The maximum atomic E-state index is 10.0. The molecule has 1 rings (SSSR count). The molecule has 0 bridgehead atoms. The predicted molar refractivity (Wildman–Crippen MR) is 34.6 cm³/mol. The number of carbonyl (C=O) groups is 1. The molecule has 0 radical (unpaired) electrons.